The Balaban J connectivity index is 2.31. The van der Waals surface area contributed by atoms with Gasteiger partial charge in [0.2, 0.25) is 0 Å². The Kier molecular flexibility index (Phi) is 2.63. The third-order valence-electron chi connectivity index (χ3n) is 2.10. The molecule has 6 heteroatoms. The van der Waals surface area contributed by atoms with E-state index in [0.29, 0.717) is 12.2 Å². The summed E-state index contributed by atoms with van der Waals surface area (Å²) in [5, 5.41) is 13.0. The van der Waals surface area contributed by atoms with Gasteiger partial charge < -0.3 is 5.11 Å². The molecule has 0 fully saturated rings. The number of hydrogen-bond donors (Lipinski definition) is 1. The summed E-state index contributed by atoms with van der Waals surface area (Å²) in [6.45, 7) is 2.25. The van der Waals surface area contributed by atoms with Gasteiger partial charge in [-0.2, -0.15) is 5.10 Å². The second-order valence-corrected chi connectivity index (χ2v) is 3.40. The Morgan fingerprint density at radius 2 is 2.31 bits per heavy atom. The predicted octanol–water partition coefficient (Wildman–Crippen LogP) is 0.728. The third-order valence-corrected chi connectivity index (χ3v) is 2.10. The van der Waals surface area contributed by atoms with Crippen molar-refractivity contribution in [2.45, 2.75) is 13.5 Å². The zero-order valence-corrected chi connectivity index (χ0v) is 8.66. The van der Waals surface area contributed by atoms with Crippen LogP contribution >= 0.6 is 0 Å². The Bertz CT molecular complexity index is 521. The molecule has 0 saturated heterocycles. The van der Waals surface area contributed by atoms with Gasteiger partial charge in [-0.05, 0) is 12.5 Å². The normalized spacial score (nSPS) is 10.3. The zero-order valence-electron chi connectivity index (χ0n) is 8.66. The molecule has 0 bridgehead atoms. The number of carbonyl (C=O) groups is 1. The van der Waals surface area contributed by atoms with Gasteiger partial charge in [0.25, 0.3) is 0 Å². The molecule has 2 rings (SSSR count). The second-order valence-electron chi connectivity index (χ2n) is 3.40. The van der Waals surface area contributed by atoms with Gasteiger partial charge in [-0.1, -0.05) is 0 Å². The van der Waals surface area contributed by atoms with Crippen LogP contribution in [-0.2, 0) is 6.54 Å². The van der Waals surface area contributed by atoms with Crippen LogP contribution in [0.15, 0.2) is 24.9 Å². The van der Waals surface area contributed by atoms with Gasteiger partial charge in [-0.15, -0.1) is 0 Å². The van der Waals surface area contributed by atoms with Crippen molar-refractivity contribution in [2.75, 3.05) is 0 Å². The molecule has 0 aliphatic carbocycles. The maximum Gasteiger partial charge on any atom is 0.339 e. The average Bonchev–Trinajstić information content (AvgIpc) is 2.64. The maximum absolute atomic E-state index is 10.9. The summed E-state index contributed by atoms with van der Waals surface area (Å²) in [7, 11) is 0. The summed E-state index contributed by atoms with van der Waals surface area (Å²) in [4.78, 5) is 18.6. The van der Waals surface area contributed by atoms with E-state index in [0.717, 1.165) is 5.56 Å². The van der Waals surface area contributed by atoms with Crippen LogP contribution in [0.3, 0.4) is 0 Å². The largest absolute Gasteiger partial charge is 0.478 e. The maximum atomic E-state index is 10.9. The van der Waals surface area contributed by atoms with E-state index in [4.69, 9.17) is 5.11 Å². The lowest BCUT2D eigenvalue weighted by Crippen LogP contribution is -2.10. The molecule has 0 atom stereocenters. The number of carboxylic acid groups (broad SMARTS) is 1. The number of nitrogens with zero attached hydrogens (tertiary/aromatic N) is 4. The molecule has 2 aromatic heterocycles. The van der Waals surface area contributed by atoms with Crippen molar-refractivity contribution in [3.63, 3.8) is 0 Å². The first-order chi connectivity index (χ1) is 7.66. The van der Waals surface area contributed by atoms with Crippen LogP contribution in [-0.4, -0.2) is 30.8 Å². The van der Waals surface area contributed by atoms with Crippen LogP contribution < -0.4 is 0 Å². The molecule has 0 radical (unpaired) electrons. The smallest absolute Gasteiger partial charge is 0.339 e. The summed E-state index contributed by atoms with van der Waals surface area (Å²) >= 11 is 0. The molecule has 0 aromatic carbocycles. The van der Waals surface area contributed by atoms with E-state index in [1.165, 1.54) is 12.5 Å². The summed E-state index contributed by atoms with van der Waals surface area (Å²) in [6.07, 6.45) is 6.16. The van der Waals surface area contributed by atoms with Crippen molar-refractivity contribution in [1.82, 2.24) is 19.7 Å². The van der Waals surface area contributed by atoms with Crippen molar-refractivity contribution in [2.24, 2.45) is 0 Å². The zero-order chi connectivity index (χ0) is 11.5. The van der Waals surface area contributed by atoms with Crippen molar-refractivity contribution >= 4 is 5.97 Å². The monoisotopic (exact) mass is 218 g/mol. The highest BCUT2D eigenvalue weighted by Gasteiger charge is 2.11. The Labute approximate surface area is 91.6 Å². The van der Waals surface area contributed by atoms with Gasteiger partial charge in [0.05, 0.1) is 18.4 Å². The van der Waals surface area contributed by atoms with Crippen LogP contribution in [0.2, 0.25) is 0 Å². The summed E-state index contributed by atoms with van der Waals surface area (Å²) in [6, 6.07) is 0. The van der Waals surface area contributed by atoms with E-state index in [1.807, 2.05) is 13.1 Å². The molecule has 6 nitrogen and oxygen atoms in total. The molecule has 2 aromatic rings. The standard InChI is InChI=1S/C10H10N4O2/c1-7-2-13-14(4-7)5-9-8(10(15)16)3-11-6-12-9/h2-4,6H,5H2,1H3,(H,15,16). The highest BCUT2D eigenvalue weighted by molar-refractivity contribution is 5.88. The number of aromatic nitrogens is 4. The molecule has 0 aliphatic rings. The van der Waals surface area contributed by atoms with Gasteiger partial charge >= 0.3 is 5.97 Å². The molecule has 2 heterocycles. The fraction of sp³-hybridized carbons (Fsp3) is 0.200. The minimum Gasteiger partial charge on any atom is -0.478 e. The first kappa shape index (κ1) is 10.3. The van der Waals surface area contributed by atoms with Gasteiger partial charge in [-0.3, -0.25) is 4.68 Å². The van der Waals surface area contributed by atoms with Crippen LogP contribution in [0.5, 0.6) is 0 Å². The Hall–Kier alpha value is -2.24. The SMILES string of the molecule is Cc1cnn(Cc2ncncc2C(=O)O)c1. The predicted molar refractivity (Wildman–Crippen MR) is 55.1 cm³/mol. The number of hydrogen-bond acceptors (Lipinski definition) is 4. The molecule has 16 heavy (non-hydrogen) atoms. The molecule has 0 aliphatic heterocycles. The third kappa shape index (κ3) is 2.05. The van der Waals surface area contributed by atoms with E-state index < -0.39 is 5.97 Å². The van der Waals surface area contributed by atoms with Crippen molar-refractivity contribution in [1.29, 1.82) is 0 Å². The second kappa shape index (κ2) is 4.09. The van der Waals surface area contributed by atoms with Gasteiger partial charge in [0.15, 0.2) is 0 Å². The minimum atomic E-state index is -1.03. The van der Waals surface area contributed by atoms with Gasteiger partial charge in [0.1, 0.15) is 11.9 Å². The Morgan fingerprint density at radius 3 is 2.94 bits per heavy atom. The molecule has 0 unspecified atom stereocenters. The van der Waals surface area contributed by atoms with E-state index in [9.17, 15) is 4.79 Å². The van der Waals surface area contributed by atoms with Crippen molar-refractivity contribution in [3.8, 4) is 0 Å². The van der Waals surface area contributed by atoms with Crippen LogP contribution in [0.1, 0.15) is 21.6 Å². The fourth-order valence-electron chi connectivity index (χ4n) is 1.37. The van der Waals surface area contributed by atoms with Gasteiger partial charge in [-0.25, -0.2) is 14.8 Å². The number of aryl methyl sites for hydroxylation is 1. The quantitative estimate of drug-likeness (QED) is 0.821. The summed E-state index contributed by atoms with van der Waals surface area (Å²) < 4.78 is 1.64. The average molecular weight is 218 g/mol. The lowest BCUT2D eigenvalue weighted by Gasteiger charge is -2.03. The Morgan fingerprint density at radius 1 is 1.50 bits per heavy atom. The van der Waals surface area contributed by atoms with E-state index in [1.54, 1.807) is 10.9 Å². The van der Waals surface area contributed by atoms with Crippen molar-refractivity contribution in [3.05, 3.63) is 41.7 Å². The summed E-state index contributed by atoms with van der Waals surface area (Å²) in [5.74, 6) is -1.03. The topological polar surface area (TPSA) is 80.9 Å². The molecule has 0 spiro atoms. The molecular formula is C10H10N4O2. The lowest BCUT2D eigenvalue weighted by atomic mass is 10.2. The van der Waals surface area contributed by atoms with E-state index in [2.05, 4.69) is 15.1 Å². The van der Waals surface area contributed by atoms with E-state index in [-0.39, 0.29) is 5.56 Å². The number of carboxylic acids is 1. The molecule has 1 N–H and O–H groups in total. The molecular weight excluding hydrogens is 208 g/mol. The fourth-order valence-corrected chi connectivity index (χ4v) is 1.37. The van der Waals surface area contributed by atoms with E-state index >= 15 is 0 Å². The first-order valence-corrected chi connectivity index (χ1v) is 4.68. The highest BCUT2D eigenvalue weighted by atomic mass is 16.4. The van der Waals surface area contributed by atoms with Crippen molar-refractivity contribution < 1.29 is 9.90 Å². The van der Waals surface area contributed by atoms with Gasteiger partial charge in [0, 0.05) is 12.4 Å². The highest BCUT2D eigenvalue weighted by Crippen LogP contribution is 2.06. The van der Waals surface area contributed by atoms with Crippen LogP contribution in [0.4, 0.5) is 0 Å². The first-order valence-electron chi connectivity index (χ1n) is 4.68. The number of rotatable bonds is 3. The number of aromatic carboxylic acids is 1. The minimum absolute atomic E-state index is 0.107. The lowest BCUT2D eigenvalue weighted by molar-refractivity contribution is 0.0694. The molecule has 82 valence electrons. The molecule has 0 saturated carbocycles. The molecule has 0 amide bonds. The van der Waals surface area contributed by atoms with Crippen LogP contribution in [0, 0.1) is 6.92 Å². The summed E-state index contributed by atoms with van der Waals surface area (Å²) in [5.41, 5.74) is 1.58. The van der Waals surface area contributed by atoms with Crippen LogP contribution in [0.25, 0.3) is 0 Å².